The summed E-state index contributed by atoms with van der Waals surface area (Å²) >= 11 is 1.30. The Balaban J connectivity index is 1.74. The van der Waals surface area contributed by atoms with Gasteiger partial charge in [0.2, 0.25) is 11.8 Å². The number of esters is 1. The molecule has 7 heteroatoms. The van der Waals surface area contributed by atoms with Gasteiger partial charge >= 0.3 is 5.97 Å². The SMILES string of the molecule is COC(=O)C(C)c1nsc2ccc(N3C(=O)C4CCCCC4C3=O)cc12. The van der Waals surface area contributed by atoms with Gasteiger partial charge in [-0.15, -0.1) is 0 Å². The average Bonchev–Trinajstić information content (AvgIpc) is 3.20. The number of hydrogen-bond acceptors (Lipinski definition) is 6. The van der Waals surface area contributed by atoms with E-state index in [4.69, 9.17) is 4.74 Å². The molecule has 3 atom stereocenters. The van der Waals surface area contributed by atoms with Crippen LogP contribution in [0.15, 0.2) is 18.2 Å². The first-order chi connectivity index (χ1) is 12.5. The van der Waals surface area contributed by atoms with E-state index in [0.717, 1.165) is 35.8 Å². The van der Waals surface area contributed by atoms with Gasteiger partial charge in [-0.3, -0.25) is 19.3 Å². The maximum Gasteiger partial charge on any atom is 0.314 e. The van der Waals surface area contributed by atoms with Crippen LogP contribution in [0, 0.1) is 11.8 Å². The highest BCUT2D eigenvalue weighted by molar-refractivity contribution is 7.13. The highest BCUT2D eigenvalue weighted by atomic mass is 32.1. The lowest BCUT2D eigenvalue weighted by Gasteiger charge is -2.19. The minimum atomic E-state index is -0.503. The van der Waals surface area contributed by atoms with E-state index in [-0.39, 0.29) is 29.6 Å². The Morgan fingerprint density at radius 3 is 2.50 bits per heavy atom. The molecular formula is C19H20N2O4S. The number of ether oxygens (including phenoxy) is 1. The highest BCUT2D eigenvalue weighted by Gasteiger charge is 2.48. The van der Waals surface area contributed by atoms with Crippen LogP contribution in [0.2, 0.25) is 0 Å². The minimum absolute atomic E-state index is 0.0928. The molecule has 2 aliphatic rings. The number of carbonyl (C=O) groups excluding carboxylic acids is 3. The van der Waals surface area contributed by atoms with Gasteiger partial charge in [-0.1, -0.05) is 12.8 Å². The Hall–Kier alpha value is -2.28. The van der Waals surface area contributed by atoms with Gasteiger partial charge < -0.3 is 4.74 Å². The van der Waals surface area contributed by atoms with Crippen LogP contribution >= 0.6 is 11.5 Å². The number of aromatic nitrogens is 1. The van der Waals surface area contributed by atoms with E-state index in [9.17, 15) is 14.4 Å². The summed E-state index contributed by atoms with van der Waals surface area (Å²) in [6.07, 6.45) is 3.59. The number of benzene rings is 1. The lowest BCUT2D eigenvalue weighted by molar-refractivity contribution is -0.142. The van der Waals surface area contributed by atoms with Gasteiger partial charge in [-0.25, -0.2) is 0 Å². The number of amides is 2. The molecule has 1 saturated carbocycles. The number of imide groups is 1. The number of fused-ring (bicyclic) bond motifs is 2. The summed E-state index contributed by atoms with van der Waals surface area (Å²) in [5, 5.41) is 0.792. The highest BCUT2D eigenvalue weighted by Crippen LogP contribution is 2.41. The van der Waals surface area contributed by atoms with Crippen molar-refractivity contribution in [1.29, 1.82) is 0 Å². The molecule has 1 saturated heterocycles. The van der Waals surface area contributed by atoms with Crippen LogP contribution in [0.5, 0.6) is 0 Å². The summed E-state index contributed by atoms with van der Waals surface area (Å²) in [4.78, 5) is 38.9. The largest absolute Gasteiger partial charge is 0.469 e. The number of anilines is 1. The molecule has 0 spiro atoms. The average molecular weight is 372 g/mol. The molecule has 0 radical (unpaired) electrons. The summed E-state index contributed by atoms with van der Waals surface area (Å²) in [5.41, 5.74) is 1.19. The van der Waals surface area contributed by atoms with Crippen molar-refractivity contribution in [2.45, 2.75) is 38.5 Å². The Morgan fingerprint density at radius 1 is 1.23 bits per heavy atom. The summed E-state index contributed by atoms with van der Waals surface area (Å²) < 4.78 is 10.1. The maximum absolute atomic E-state index is 12.8. The van der Waals surface area contributed by atoms with Gasteiger partial charge in [0.25, 0.3) is 0 Å². The Labute approximate surface area is 155 Å². The van der Waals surface area contributed by atoms with Crippen LogP contribution in [0.3, 0.4) is 0 Å². The van der Waals surface area contributed by atoms with Crippen molar-refractivity contribution in [2.75, 3.05) is 12.0 Å². The second kappa shape index (κ2) is 6.46. The van der Waals surface area contributed by atoms with Crippen molar-refractivity contribution in [3.05, 3.63) is 23.9 Å². The normalized spacial score (nSPS) is 24.0. The zero-order valence-electron chi connectivity index (χ0n) is 14.7. The molecule has 4 rings (SSSR count). The van der Waals surface area contributed by atoms with Crippen LogP contribution in [0.1, 0.15) is 44.2 Å². The number of methoxy groups -OCH3 is 1. The molecule has 2 heterocycles. The summed E-state index contributed by atoms with van der Waals surface area (Å²) in [6, 6.07) is 5.46. The van der Waals surface area contributed by atoms with E-state index < -0.39 is 5.92 Å². The fourth-order valence-electron chi connectivity index (χ4n) is 4.10. The van der Waals surface area contributed by atoms with Crippen LogP contribution in [-0.2, 0) is 19.1 Å². The van der Waals surface area contributed by atoms with E-state index >= 15 is 0 Å². The molecule has 26 heavy (non-hydrogen) atoms. The van der Waals surface area contributed by atoms with Crippen molar-refractivity contribution in [1.82, 2.24) is 4.37 Å². The number of rotatable bonds is 3. The van der Waals surface area contributed by atoms with Gasteiger partial charge in [0.15, 0.2) is 0 Å². The smallest absolute Gasteiger partial charge is 0.314 e. The van der Waals surface area contributed by atoms with Crippen molar-refractivity contribution in [3.8, 4) is 0 Å². The molecule has 1 aromatic heterocycles. The molecule has 1 aliphatic heterocycles. The standard InChI is InChI=1S/C19H20N2O4S/c1-10(19(24)25-2)16-14-9-11(7-8-15(14)26-20-16)21-17(22)12-5-3-4-6-13(12)18(21)23/h7-10,12-13H,3-6H2,1-2H3. The minimum Gasteiger partial charge on any atom is -0.469 e. The van der Waals surface area contributed by atoms with Gasteiger partial charge in [-0.2, -0.15) is 4.37 Å². The topological polar surface area (TPSA) is 76.6 Å². The molecule has 2 aromatic rings. The first kappa shape index (κ1) is 17.1. The van der Waals surface area contributed by atoms with E-state index in [1.54, 1.807) is 19.1 Å². The molecule has 6 nitrogen and oxygen atoms in total. The van der Waals surface area contributed by atoms with E-state index in [0.29, 0.717) is 11.4 Å². The van der Waals surface area contributed by atoms with Gasteiger partial charge in [-0.05, 0) is 49.5 Å². The van der Waals surface area contributed by atoms with Crippen molar-refractivity contribution < 1.29 is 19.1 Å². The Bertz CT molecular complexity index is 882. The van der Waals surface area contributed by atoms with E-state index in [2.05, 4.69) is 4.37 Å². The van der Waals surface area contributed by atoms with E-state index in [1.807, 2.05) is 6.07 Å². The zero-order chi connectivity index (χ0) is 18.4. The van der Waals surface area contributed by atoms with Crippen molar-refractivity contribution >= 4 is 45.1 Å². The van der Waals surface area contributed by atoms with Crippen molar-refractivity contribution in [2.24, 2.45) is 11.8 Å². The van der Waals surface area contributed by atoms with Crippen LogP contribution in [-0.4, -0.2) is 29.3 Å². The number of carbonyl (C=O) groups is 3. The maximum atomic E-state index is 12.8. The monoisotopic (exact) mass is 372 g/mol. The fourth-order valence-corrected chi connectivity index (χ4v) is 4.95. The Kier molecular flexibility index (Phi) is 4.26. The second-order valence-electron chi connectivity index (χ2n) is 7.00. The third-order valence-corrected chi connectivity index (χ3v) is 6.39. The lowest BCUT2D eigenvalue weighted by atomic mass is 9.81. The summed E-state index contributed by atoms with van der Waals surface area (Å²) in [6.45, 7) is 1.74. The van der Waals surface area contributed by atoms with E-state index in [1.165, 1.54) is 23.5 Å². The molecule has 0 bridgehead atoms. The van der Waals surface area contributed by atoms with Crippen LogP contribution in [0.4, 0.5) is 5.69 Å². The molecule has 2 fully saturated rings. The first-order valence-corrected chi connectivity index (χ1v) is 9.65. The van der Waals surface area contributed by atoms with Gasteiger partial charge in [0, 0.05) is 5.39 Å². The van der Waals surface area contributed by atoms with Crippen LogP contribution < -0.4 is 4.90 Å². The molecular weight excluding hydrogens is 352 g/mol. The fraction of sp³-hybridized carbons (Fsp3) is 0.474. The predicted octanol–water partition coefficient (Wildman–Crippen LogP) is 3.25. The van der Waals surface area contributed by atoms with Crippen molar-refractivity contribution in [3.63, 3.8) is 0 Å². The summed E-state index contributed by atoms with van der Waals surface area (Å²) in [7, 11) is 1.35. The second-order valence-corrected chi connectivity index (χ2v) is 7.81. The van der Waals surface area contributed by atoms with Crippen LogP contribution in [0.25, 0.3) is 10.1 Å². The molecule has 0 N–H and O–H groups in total. The molecule has 3 unspecified atom stereocenters. The van der Waals surface area contributed by atoms with Gasteiger partial charge in [0.1, 0.15) is 0 Å². The molecule has 136 valence electrons. The quantitative estimate of drug-likeness (QED) is 0.611. The number of hydrogen-bond donors (Lipinski definition) is 0. The van der Waals surface area contributed by atoms with Gasteiger partial charge in [0.05, 0.1) is 40.9 Å². The lowest BCUT2D eigenvalue weighted by Crippen LogP contribution is -2.30. The summed E-state index contributed by atoms with van der Waals surface area (Å²) in [5.74, 6) is -1.41. The first-order valence-electron chi connectivity index (χ1n) is 8.88. The Morgan fingerprint density at radius 2 is 1.88 bits per heavy atom. The zero-order valence-corrected chi connectivity index (χ0v) is 15.5. The molecule has 2 amide bonds. The number of nitrogens with zero attached hydrogens (tertiary/aromatic N) is 2. The third kappa shape index (κ3) is 2.53. The predicted molar refractivity (Wildman–Crippen MR) is 98.0 cm³/mol. The third-order valence-electron chi connectivity index (χ3n) is 5.55. The molecule has 1 aromatic carbocycles. The molecule has 1 aliphatic carbocycles.